The van der Waals surface area contributed by atoms with Crippen molar-refractivity contribution in [2.45, 2.75) is 13.5 Å². The van der Waals surface area contributed by atoms with Crippen LogP contribution in [0.1, 0.15) is 23.6 Å². The van der Waals surface area contributed by atoms with Crippen LogP contribution in [0.4, 0.5) is 0 Å². The molecule has 0 saturated heterocycles. The van der Waals surface area contributed by atoms with Crippen molar-refractivity contribution in [3.05, 3.63) is 47.5 Å². The minimum absolute atomic E-state index is 0.900. The first kappa shape index (κ1) is 10.7. The Bertz CT molecular complexity index is 337. The summed E-state index contributed by atoms with van der Waals surface area (Å²) in [6.07, 6.45) is 6.04. The van der Waals surface area contributed by atoms with E-state index in [1.807, 2.05) is 26.1 Å². The van der Waals surface area contributed by atoms with E-state index in [0.29, 0.717) is 0 Å². The second kappa shape index (κ2) is 5.40. The van der Waals surface area contributed by atoms with Gasteiger partial charge in [0, 0.05) is 6.54 Å². The number of allylic oxidation sites excluding steroid dienone is 1. The van der Waals surface area contributed by atoms with Gasteiger partial charge in [-0.25, -0.2) is 0 Å². The van der Waals surface area contributed by atoms with E-state index in [0.717, 1.165) is 6.54 Å². The van der Waals surface area contributed by atoms with E-state index in [1.54, 1.807) is 0 Å². The van der Waals surface area contributed by atoms with Crippen LogP contribution in [0.5, 0.6) is 0 Å². The number of benzene rings is 1. The van der Waals surface area contributed by atoms with Crippen molar-refractivity contribution in [1.82, 2.24) is 5.32 Å². The van der Waals surface area contributed by atoms with Crippen LogP contribution in [0.3, 0.4) is 0 Å². The number of nitrogens with one attached hydrogen (secondary N) is 1. The lowest BCUT2D eigenvalue weighted by Crippen LogP contribution is -2.05. The lowest BCUT2D eigenvalue weighted by Gasteiger charge is -2.05. The lowest BCUT2D eigenvalue weighted by atomic mass is 10.0. The fourth-order valence-electron chi connectivity index (χ4n) is 1.45. The fraction of sp³-hybridized carbons (Fsp3) is 0.231. The van der Waals surface area contributed by atoms with Gasteiger partial charge in [-0.1, -0.05) is 36.9 Å². The van der Waals surface area contributed by atoms with Crippen LogP contribution in [-0.4, -0.2) is 7.05 Å². The highest BCUT2D eigenvalue weighted by atomic mass is 14.8. The Morgan fingerprint density at radius 3 is 2.71 bits per heavy atom. The van der Waals surface area contributed by atoms with Gasteiger partial charge in [-0.15, -0.1) is 0 Å². The minimum atomic E-state index is 0.900. The summed E-state index contributed by atoms with van der Waals surface area (Å²) >= 11 is 0. The Morgan fingerprint density at radius 2 is 2.14 bits per heavy atom. The molecule has 0 atom stereocenters. The van der Waals surface area contributed by atoms with Crippen LogP contribution in [0, 0.1) is 0 Å². The van der Waals surface area contributed by atoms with Crippen molar-refractivity contribution in [2.24, 2.45) is 0 Å². The molecular formula is C13H17N. The topological polar surface area (TPSA) is 12.0 Å². The molecule has 0 aliphatic carbocycles. The molecular weight excluding hydrogens is 170 g/mol. The van der Waals surface area contributed by atoms with Gasteiger partial charge >= 0.3 is 0 Å². The van der Waals surface area contributed by atoms with Crippen LogP contribution in [0.25, 0.3) is 12.2 Å². The van der Waals surface area contributed by atoms with Crippen LogP contribution in [0.2, 0.25) is 0 Å². The fourth-order valence-corrected chi connectivity index (χ4v) is 1.45. The molecule has 0 saturated carbocycles. The summed E-state index contributed by atoms with van der Waals surface area (Å²) in [7, 11) is 1.95. The number of hydrogen-bond donors (Lipinski definition) is 1. The van der Waals surface area contributed by atoms with Gasteiger partial charge in [-0.05, 0) is 36.7 Å². The molecule has 0 radical (unpaired) electrons. The summed E-state index contributed by atoms with van der Waals surface area (Å²) < 4.78 is 0. The monoisotopic (exact) mass is 187 g/mol. The van der Waals surface area contributed by atoms with Crippen LogP contribution in [-0.2, 0) is 6.54 Å². The molecule has 1 nitrogen and oxygen atoms in total. The molecule has 1 heteroatoms. The zero-order chi connectivity index (χ0) is 10.4. The summed E-state index contributed by atoms with van der Waals surface area (Å²) in [5.74, 6) is 0. The summed E-state index contributed by atoms with van der Waals surface area (Å²) in [5, 5.41) is 3.13. The van der Waals surface area contributed by atoms with Crippen LogP contribution >= 0.6 is 0 Å². The Labute approximate surface area is 86.2 Å². The second-order valence-electron chi connectivity index (χ2n) is 3.20. The van der Waals surface area contributed by atoms with Gasteiger partial charge in [0.1, 0.15) is 0 Å². The zero-order valence-corrected chi connectivity index (χ0v) is 8.88. The van der Waals surface area contributed by atoms with Crippen molar-refractivity contribution in [3.8, 4) is 0 Å². The molecule has 0 aliphatic rings. The first-order chi connectivity index (χ1) is 6.81. The maximum Gasteiger partial charge on any atom is 0.0202 e. The predicted octanol–water partition coefficient (Wildman–Crippen LogP) is 3.08. The van der Waals surface area contributed by atoms with Gasteiger partial charge in [0.25, 0.3) is 0 Å². The van der Waals surface area contributed by atoms with Crippen molar-refractivity contribution in [1.29, 1.82) is 0 Å². The van der Waals surface area contributed by atoms with E-state index in [1.165, 1.54) is 16.7 Å². The summed E-state index contributed by atoms with van der Waals surface area (Å²) in [6, 6.07) is 6.43. The zero-order valence-electron chi connectivity index (χ0n) is 8.88. The molecule has 1 aromatic carbocycles. The first-order valence-corrected chi connectivity index (χ1v) is 4.84. The third-order valence-electron chi connectivity index (χ3n) is 2.10. The van der Waals surface area contributed by atoms with E-state index in [-0.39, 0.29) is 0 Å². The lowest BCUT2D eigenvalue weighted by molar-refractivity contribution is 0.817. The Hall–Kier alpha value is -1.34. The van der Waals surface area contributed by atoms with Crippen LogP contribution < -0.4 is 5.32 Å². The quantitative estimate of drug-likeness (QED) is 0.763. The molecule has 0 bridgehead atoms. The number of rotatable bonds is 4. The van der Waals surface area contributed by atoms with E-state index in [4.69, 9.17) is 0 Å². The van der Waals surface area contributed by atoms with Gasteiger partial charge in [0.05, 0.1) is 0 Å². The highest BCUT2D eigenvalue weighted by Gasteiger charge is 1.97. The highest BCUT2D eigenvalue weighted by molar-refractivity contribution is 5.64. The molecule has 1 aromatic rings. The first-order valence-electron chi connectivity index (χ1n) is 4.84. The van der Waals surface area contributed by atoms with Gasteiger partial charge in [0.2, 0.25) is 0 Å². The molecule has 0 aromatic heterocycles. The molecule has 0 fully saturated rings. The van der Waals surface area contributed by atoms with Gasteiger partial charge in [0.15, 0.2) is 0 Å². The molecule has 1 rings (SSSR count). The average Bonchev–Trinajstić information content (AvgIpc) is 2.21. The van der Waals surface area contributed by atoms with Crippen LogP contribution in [0.15, 0.2) is 30.9 Å². The van der Waals surface area contributed by atoms with E-state index >= 15 is 0 Å². The third kappa shape index (κ3) is 2.57. The smallest absolute Gasteiger partial charge is 0.0202 e. The molecule has 74 valence electrons. The maximum atomic E-state index is 3.82. The Balaban J connectivity index is 3.04. The molecule has 14 heavy (non-hydrogen) atoms. The Kier molecular flexibility index (Phi) is 4.14. The van der Waals surface area contributed by atoms with Crippen molar-refractivity contribution in [3.63, 3.8) is 0 Å². The highest BCUT2D eigenvalue weighted by Crippen LogP contribution is 2.15. The maximum absolute atomic E-state index is 3.82. The standard InChI is InChI=1S/C13H17N/c1-4-6-13-8-7-11(10-14-3)9-12(13)5-2/h4-9,14H,2,10H2,1,3H3/b6-4-. The average molecular weight is 187 g/mol. The molecule has 1 N–H and O–H groups in total. The number of hydrogen-bond acceptors (Lipinski definition) is 1. The van der Waals surface area contributed by atoms with Crippen molar-refractivity contribution >= 4 is 12.2 Å². The van der Waals surface area contributed by atoms with Crippen molar-refractivity contribution in [2.75, 3.05) is 7.05 Å². The molecule has 0 unspecified atom stereocenters. The van der Waals surface area contributed by atoms with E-state index < -0.39 is 0 Å². The largest absolute Gasteiger partial charge is 0.316 e. The van der Waals surface area contributed by atoms with E-state index in [9.17, 15) is 0 Å². The second-order valence-corrected chi connectivity index (χ2v) is 3.20. The van der Waals surface area contributed by atoms with Gasteiger partial charge in [-0.2, -0.15) is 0 Å². The van der Waals surface area contributed by atoms with E-state index in [2.05, 4.69) is 36.2 Å². The molecule has 0 heterocycles. The third-order valence-corrected chi connectivity index (χ3v) is 2.10. The molecule has 0 aliphatic heterocycles. The van der Waals surface area contributed by atoms with Crippen molar-refractivity contribution < 1.29 is 0 Å². The minimum Gasteiger partial charge on any atom is -0.316 e. The normalized spacial score (nSPS) is 10.7. The summed E-state index contributed by atoms with van der Waals surface area (Å²) in [5.41, 5.74) is 3.70. The Morgan fingerprint density at radius 1 is 1.36 bits per heavy atom. The molecule has 0 amide bonds. The van der Waals surface area contributed by atoms with Gasteiger partial charge < -0.3 is 5.32 Å². The SMILES string of the molecule is C=Cc1cc(CNC)ccc1/C=C\C. The summed E-state index contributed by atoms with van der Waals surface area (Å²) in [4.78, 5) is 0. The predicted molar refractivity (Wildman–Crippen MR) is 64.0 cm³/mol. The van der Waals surface area contributed by atoms with Gasteiger partial charge in [-0.3, -0.25) is 0 Å². The summed E-state index contributed by atoms with van der Waals surface area (Å²) in [6.45, 7) is 6.74. The molecule has 0 spiro atoms.